The zero-order valence-electron chi connectivity index (χ0n) is 8.38. The van der Waals surface area contributed by atoms with Crippen LogP contribution in [0.5, 0.6) is 0 Å². The Labute approximate surface area is 85.8 Å². The molecule has 6 nitrogen and oxygen atoms in total. The number of fused-ring (bicyclic) bond motifs is 1. The van der Waals surface area contributed by atoms with Gasteiger partial charge in [-0.1, -0.05) is 0 Å². The van der Waals surface area contributed by atoms with Gasteiger partial charge in [-0.3, -0.25) is 0 Å². The Morgan fingerprint density at radius 2 is 2.27 bits per heavy atom. The van der Waals surface area contributed by atoms with Crippen molar-refractivity contribution in [1.82, 2.24) is 14.6 Å². The van der Waals surface area contributed by atoms with Gasteiger partial charge in [0, 0.05) is 14.1 Å². The minimum Gasteiger partial charge on any atom is -0.476 e. The lowest BCUT2D eigenvalue weighted by Crippen LogP contribution is -2.15. The maximum atomic E-state index is 10.9. The van der Waals surface area contributed by atoms with Gasteiger partial charge in [-0.05, 0) is 6.07 Å². The van der Waals surface area contributed by atoms with Crippen LogP contribution in [0.2, 0.25) is 0 Å². The van der Waals surface area contributed by atoms with Gasteiger partial charge in [0.2, 0.25) is 0 Å². The van der Waals surface area contributed by atoms with E-state index < -0.39 is 5.97 Å². The third kappa shape index (κ3) is 1.39. The fourth-order valence-corrected chi connectivity index (χ4v) is 1.40. The van der Waals surface area contributed by atoms with Gasteiger partial charge < -0.3 is 10.0 Å². The molecule has 2 aromatic heterocycles. The summed E-state index contributed by atoms with van der Waals surface area (Å²) in [5.74, 6) is -0.348. The molecule has 0 unspecified atom stereocenters. The van der Waals surface area contributed by atoms with Crippen LogP contribution in [-0.2, 0) is 0 Å². The van der Waals surface area contributed by atoms with Crippen molar-refractivity contribution in [2.45, 2.75) is 0 Å². The van der Waals surface area contributed by atoms with Crippen molar-refractivity contribution in [3.63, 3.8) is 0 Å². The number of hydrogen-bond donors (Lipinski definition) is 1. The highest BCUT2D eigenvalue weighted by molar-refractivity contribution is 5.87. The van der Waals surface area contributed by atoms with Crippen molar-refractivity contribution in [3.05, 3.63) is 24.2 Å². The predicted molar refractivity (Wildman–Crippen MR) is 54.3 cm³/mol. The molecule has 0 atom stereocenters. The van der Waals surface area contributed by atoms with E-state index in [1.165, 1.54) is 10.7 Å². The molecule has 0 bridgehead atoms. The minimum atomic E-state index is -1.04. The first-order chi connectivity index (χ1) is 7.11. The molecule has 0 aliphatic rings. The first-order valence-electron chi connectivity index (χ1n) is 4.34. The largest absolute Gasteiger partial charge is 0.476 e. The van der Waals surface area contributed by atoms with E-state index in [0.717, 1.165) is 0 Å². The molecule has 0 fully saturated rings. The zero-order chi connectivity index (χ0) is 11.0. The smallest absolute Gasteiger partial charge is 0.356 e. The van der Waals surface area contributed by atoms with Crippen molar-refractivity contribution in [2.24, 2.45) is 0 Å². The summed E-state index contributed by atoms with van der Waals surface area (Å²) in [6, 6.07) is 1.73. The van der Waals surface area contributed by atoms with E-state index in [4.69, 9.17) is 5.11 Å². The van der Waals surface area contributed by atoms with E-state index in [9.17, 15) is 4.79 Å². The summed E-state index contributed by atoms with van der Waals surface area (Å²) in [5, 5.41) is 12.9. The molecule has 0 saturated heterocycles. The average molecular weight is 206 g/mol. The van der Waals surface area contributed by atoms with Crippen LogP contribution in [-0.4, -0.2) is 39.8 Å². The first kappa shape index (κ1) is 9.45. The highest BCUT2D eigenvalue weighted by Crippen LogP contribution is 2.17. The van der Waals surface area contributed by atoms with Gasteiger partial charge in [0.05, 0.1) is 12.4 Å². The van der Waals surface area contributed by atoms with Crippen molar-refractivity contribution >= 4 is 17.3 Å². The number of hydrogen-bond acceptors (Lipinski definition) is 4. The molecule has 0 saturated carbocycles. The fraction of sp³-hybridized carbons (Fsp3) is 0.222. The van der Waals surface area contributed by atoms with Crippen molar-refractivity contribution in [1.29, 1.82) is 0 Å². The molecule has 0 aliphatic carbocycles. The summed E-state index contributed by atoms with van der Waals surface area (Å²) in [4.78, 5) is 16.8. The van der Waals surface area contributed by atoms with E-state index in [1.807, 2.05) is 19.0 Å². The topological polar surface area (TPSA) is 70.7 Å². The number of carboxylic acids is 1. The second kappa shape index (κ2) is 3.23. The second-order valence-electron chi connectivity index (χ2n) is 3.29. The highest BCUT2D eigenvalue weighted by atomic mass is 16.4. The van der Waals surface area contributed by atoms with Gasteiger partial charge in [0.25, 0.3) is 0 Å². The van der Waals surface area contributed by atoms with Crippen LogP contribution in [0.4, 0.5) is 5.82 Å². The van der Waals surface area contributed by atoms with Crippen LogP contribution >= 0.6 is 0 Å². The Hall–Kier alpha value is -2.11. The van der Waals surface area contributed by atoms with Gasteiger partial charge in [-0.2, -0.15) is 5.10 Å². The van der Waals surface area contributed by atoms with Gasteiger partial charge in [-0.25, -0.2) is 14.3 Å². The van der Waals surface area contributed by atoms with Gasteiger partial charge in [0.15, 0.2) is 11.5 Å². The number of aromatic carboxylic acids is 1. The lowest BCUT2D eigenvalue weighted by Gasteiger charge is -2.12. The van der Waals surface area contributed by atoms with Crippen LogP contribution in [0.15, 0.2) is 18.5 Å². The van der Waals surface area contributed by atoms with Crippen molar-refractivity contribution in [2.75, 3.05) is 19.0 Å². The Kier molecular flexibility index (Phi) is 2.03. The molecule has 2 aromatic rings. The summed E-state index contributed by atoms with van der Waals surface area (Å²) in [6.45, 7) is 0. The zero-order valence-corrected chi connectivity index (χ0v) is 8.38. The predicted octanol–water partition coefficient (Wildman–Crippen LogP) is 0.493. The third-order valence-electron chi connectivity index (χ3n) is 2.05. The number of nitrogens with zero attached hydrogens (tertiary/aromatic N) is 4. The van der Waals surface area contributed by atoms with Crippen molar-refractivity contribution < 1.29 is 9.90 Å². The summed E-state index contributed by atoms with van der Waals surface area (Å²) in [6.07, 6.45) is 2.86. The number of rotatable bonds is 2. The molecular formula is C9H10N4O2. The van der Waals surface area contributed by atoms with E-state index in [1.54, 1.807) is 12.3 Å². The molecule has 15 heavy (non-hydrogen) atoms. The summed E-state index contributed by atoms with van der Waals surface area (Å²) in [7, 11) is 3.69. The molecule has 0 aromatic carbocycles. The molecule has 2 heterocycles. The maximum Gasteiger partial charge on any atom is 0.356 e. The van der Waals surface area contributed by atoms with E-state index in [-0.39, 0.29) is 5.69 Å². The molecule has 0 aliphatic heterocycles. The molecule has 2 rings (SSSR count). The van der Waals surface area contributed by atoms with E-state index in [2.05, 4.69) is 10.1 Å². The SMILES string of the molecule is CN(C)c1ncc(C(=O)O)n2nccc12. The molecule has 1 N–H and O–H groups in total. The normalized spacial score (nSPS) is 10.5. The summed E-state index contributed by atoms with van der Waals surface area (Å²) in [5.41, 5.74) is 0.737. The van der Waals surface area contributed by atoms with E-state index in [0.29, 0.717) is 11.3 Å². The van der Waals surface area contributed by atoms with E-state index >= 15 is 0 Å². The number of carboxylic acid groups (broad SMARTS) is 1. The fourth-order valence-electron chi connectivity index (χ4n) is 1.40. The van der Waals surface area contributed by atoms with Crippen LogP contribution in [0.1, 0.15) is 10.5 Å². The number of aromatic nitrogens is 3. The maximum absolute atomic E-state index is 10.9. The Bertz CT molecular complexity index is 518. The van der Waals surface area contributed by atoms with Crippen LogP contribution in [0, 0.1) is 0 Å². The van der Waals surface area contributed by atoms with Crippen LogP contribution in [0.25, 0.3) is 5.52 Å². The highest BCUT2D eigenvalue weighted by Gasteiger charge is 2.13. The molecule has 0 radical (unpaired) electrons. The minimum absolute atomic E-state index is 0.0561. The van der Waals surface area contributed by atoms with Crippen LogP contribution < -0.4 is 4.90 Å². The first-order valence-corrected chi connectivity index (χ1v) is 4.34. The lowest BCUT2D eigenvalue weighted by atomic mass is 10.4. The Morgan fingerprint density at radius 1 is 1.53 bits per heavy atom. The Morgan fingerprint density at radius 3 is 2.87 bits per heavy atom. The van der Waals surface area contributed by atoms with Crippen molar-refractivity contribution in [3.8, 4) is 0 Å². The second-order valence-corrected chi connectivity index (χ2v) is 3.29. The van der Waals surface area contributed by atoms with Gasteiger partial charge in [-0.15, -0.1) is 0 Å². The lowest BCUT2D eigenvalue weighted by molar-refractivity contribution is 0.0687. The monoisotopic (exact) mass is 206 g/mol. The Balaban J connectivity index is 2.76. The molecule has 78 valence electrons. The molecular weight excluding hydrogens is 196 g/mol. The van der Waals surface area contributed by atoms with Gasteiger partial charge in [0.1, 0.15) is 5.52 Å². The quantitative estimate of drug-likeness (QED) is 0.774. The molecule has 6 heteroatoms. The number of anilines is 1. The van der Waals surface area contributed by atoms with Gasteiger partial charge >= 0.3 is 5.97 Å². The van der Waals surface area contributed by atoms with Crippen LogP contribution in [0.3, 0.4) is 0 Å². The standard InChI is InChI=1S/C9H10N4O2/c1-12(2)8-6-3-4-11-13(6)7(5-10-8)9(14)15/h3-5H,1-2H3,(H,14,15). The molecule has 0 amide bonds. The summed E-state index contributed by atoms with van der Waals surface area (Å²) < 4.78 is 1.37. The third-order valence-corrected chi connectivity index (χ3v) is 2.05. The molecule has 0 spiro atoms. The average Bonchev–Trinajstić information content (AvgIpc) is 2.63. The number of carbonyl (C=O) groups is 1. The summed E-state index contributed by atoms with van der Waals surface area (Å²) >= 11 is 0.